The molecule has 0 unspecified atom stereocenters. The lowest BCUT2D eigenvalue weighted by Gasteiger charge is -2.23. The van der Waals surface area contributed by atoms with E-state index in [9.17, 15) is 0 Å². The second kappa shape index (κ2) is 6.18. The van der Waals surface area contributed by atoms with Crippen LogP contribution in [0.2, 0.25) is 0 Å². The molecule has 0 aliphatic carbocycles. The second-order valence-electron chi connectivity index (χ2n) is 6.28. The second-order valence-corrected chi connectivity index (χ2v) is 7.08. The van der Waals surface area contributed by atoms with E-state index >= 15 is 0 Å². The van der Waals surface area contributed by atoms with Gasteiger partial charge in [0.25, 0.3) is 0 Å². The molecule has 1 aromatic carbocycles. The maximum absolute atomic E-state index is 6.09. The van der Waals surface area contributed by atoms with Gasteiger partial charge in [-0.2, -0.15) is 0 Å². The number of aromatic nitrogens is 1. The maximum atomic E-state index is 6.09. The molecule has 0 aliphatic heterocycles. The van der Waals surface area contributed by atoms with Crippen molar-refractivity contribution < 1.29 is 4.74 Å². The van der Waals surface area contributed by atoms with Gasteiger partial charge >= 0.3 is 0 Å². The van der Waals surface area contributed by atoms with Crippen LogP contribution < -0.4 is 4.74 Å². The molecule has 1 heterocycles. The Hall–Kier alpha value is -1.35. The minimum Gasteiger partial charge on any atom is -0.438 e. The standard InChI is InChI=1S/C18H22BrNO/c1-6-13-7-8-15(14(11-13)18(3,4)5)21-17-16(19)12(2)9-10-20-17/h7-11H,6H2,1-5H3. The van der Waals surface area contributed by atoms with E-state index in [0.29, 0.717) is 5.88 Å². The smallest absolute Gasteiger partial charge is 0.233 e. The predicted molar refractivity (Wildman–Crippen MR) is 91.3 cm³/mol. The SMILES string of the molecule is CCc1ccc(Oc2nccc(C)c2Br)c(C(C)(C)C)c1. The fraction of sp³-hybridized carbons (Fsp3) is 0.389. The number of aryl methyl sites for hydroxylation is 2. The van der Waals surface area contributed by atoms with Crippen molar-refractivity contribution in [3.8, 4) is 11.6 Å². The molecule has 0 spiro atoms. The van der Waals surface area contributed by atoms with E-state index in [4.69, 9.17) is 4.74 Å². The molecule has 0 fully saturated rings. The van der Waals surface area contributed by atoms with Crippen LogP contribution in [0.5, 0.6) is 11.6 Å². The molecular weight excluding hydrogens is 326 g/mol. The van der Waals surface area contributed by atoms with Gasteiger partial charge in [-0.15, -0.1) is 0 Å². The number of nitrogens with zero attached hydrogens (tertiary/aromatic N) is 1. The largest absolute Gasteiger partial charge is 0.438 e. The molecule has 0 saturated carbocycles. The summed E-state index contributed by atoms with van der Waals surface area (Å²) in [6.45, 7) is 10.8. The summed E-state index contributed by atoms with van der Waals surface area (Å²) < 4.78 is 7.00. The van der Waals surface area contributed by atoms with Gasteiger partial charge in [-0.1, -0.05) is 39.8 Å². The van der Waals surface area contributed by atoms with Gasteiger partial charge in [-0.3, -0.25) is 0 Å². The molecule has 2 rings (SSSR count). The average Bonchev–Trinajstić information content (AvgIpc) is 2.43. The van der Waals surface area contributed by atoms with Crippen LogP contribution in [0.1, 0.15) is 44.4 Å². The van der Waals surface area contributed by atoms with Crippen molar-refractivity contribution in [2.45, 2.75) is 46.5 Å². The summed E-state index contributed by atoms with van der Waals surface area (Å²) in [6.07, 6.45) is 2.79. The van der Waals surface area contributed by atoms with Gasteiger partial charge in [0, 0.05) is 11.8 Å². The lowest BCUT2D eigenvalue weighted by Crippen LogP contribution is -2.13. The summed E-state index contributed by atoms with van der Waals surface area (Å²) in [5.74, 6) is 1.49. The Morgan fingerprint density at radius 1 is 1.19 bits per heavy atom. The van der Waals surface area contributed by atoms with Crippen molar-refractivity contribution in [2.75, 3.05) is 0 Å². The van der Waals surface area contributed by atoms with E-state index in [1.807, 2.05) is 13.0 Å². The normalized spacial score (nSPS) is 11.5. The lowest BCUT2D eigenvalue weighted by atomic mass is 9.85. The van der Waals surface area contributed by atoms with Gasteiger partial charge in [0.1, 0.15) is 5.75 Å². The van der Waals surface area contributed by atoms with Crippen LogP contribution in [0.4, 0.5) is 0 Å². The monoisotopic (exact) mass is 347 g/mol. The molecule has 1 aromatic heterocycles. The van der Waals surface area contributed by atoms with E-state index in [-0.39, 0.29) is 5.41 Å². The van der Waals surface area contributed by atoms with E-state index in [1.54, 1.807) is 6.20 Å². The number of halogens is 1. The van der Waals surface area contributed by atoms with E-state index < -0.39 is 0 Å². The molecule has 0 atom stereocenters. The minimum absolute atomic E-state index is 0.0246. The molecule has 3 heteroatoms. The molecule has 2 nitrogen and oxygen atoms in total. The third kappa shape index (κ3) is 3.65. The van der Waals surface area contributed by atoms with Crippen molar-refractivity contribution in [1.82, 2.24) is 4.98 Å². The summed E-state index contributed by atoms with van der Waals surface area (Å²) in [5, 5.41) is 0. The van der Waals surface area contributed by atoms with Crippen LogP contribution in [0, 0.1) is 6.92 Å². The zero-order chi connectivity index (χ0) is 15.6. The number of pyridine rings is 1. The highest BCUT2D eigenvalue weighted by Gasteiger charge is 2.20. The first-order valence-corrected chi connectivity index (χ1v) is 8.04. The van der Waals surface area contributed by atoms with Crippen LogP contribution in [-0.2, 0) is 11.8 Å². The van der Waals surface area contributed by atoms with Crippen molar-refractivity contribution in [1.29, 1.82) is 0 Å². The van der Waals surface area contributed by atoms with Crippen molar-refractivity contribution in [3.63, 3.8) is 0 Å². The van der Waals surface area contributed by atoms with Crippen LogP contribution in [0.3, 0.4) is 0 Å². The molecule has 0 saturated heterocycles. The zero-order valence-electron chi connectivity index (χ0n) is 13.3. The van der Waals surface area contributed by atoms with Crippen LogP contribution in [0.15, 0.2) is 34.9 Å². The van der Waals surface area contributed by atoms with Gasteiger partial charge in [0.05, 0.1) is 4.47 Å². The fourth-order valence-electron chi connectivity index (χ4n) is 2.16. The summed E-state index contributed by atoms with van der Waals surface area (Å²) in [7, 11) is 0. The third-order valence-electron chi connectivity index (χ3n) is 3.52. The predicted octanol–water partition coefficient (Wildman–Crippen LogP) is 5.80. The Labute approximate surface area is 135 Å². The maximum Gasteiger partial charge on any atom is 0.233 e. The first kappa shape index (κ1) is 16.0. The number of hydrogen-bond acceptors (Lipinski definition) is 2. The topological polar surface area (TPSA) is 22.1 Å². The molecule has 0 N–H and O–H groups in total. The van der Waals surface area contributed by atoms with Crippen molar-refractivity contribution >= 4 is 15.9 Å². The quantitative estimate of drug-likeness (QED) is 0.699. The third-order valence-corrected chi connectivity index (χ3v) is 4.48. The van der Waals surface area contributed by atoms with Crippen LogP contribution in [-0.4, -0.2) is 4.98 Å². The fourth-order valence-corrected chi connectivity index (χ4v) is 2.48. The van der Waals surface area contributed by atoms with Crippen LogP contribution in [0.25, 0.3) is 0 Å². The minimum atomic E-state index is 0.0246. The van der Waals surface area contributed by atoms with Gasteiger partial charge in [0.2, 0.25) is 5.88 Å². The van der Waals surface area contributed by atoms with Crippen molar-refractivity contribution in [3.05, 3.63) is 51.6 Å². The summed E-state index contributed by atoms with van der Waals surface area (Å²) in [5.41, 5.74) is 3.67. The highest BCUT2D eigenvalue weighted by Crippen LogP contribution is 2.37. The van der Waals surface area contributed by atoms with Crippen LogP contribution >= 0.6 is 15.9 Å². The number of rotatable bonds is 3. The van der Waals surface area contributed by atoms with Gasteiger partial charge in [-0.25, -0.2) is 4.98 Å². The van der Waals surface area contributed by atoms with Gasteiger partial charge < -0.3 is 4.74 Å². The molecule has 0 bridgehead atoms. The summed E-state index contributed by atoms with van der Waals surface area (Å²) in [6, 6.07) is 8.37. The molecule has 112 valence electrons. The Bertz CT molecular complexity index is 644. The Morgan fingerprint density at radius 3 is 2.52 bits per heavy atom. The lowest BCUT2D eigenvalue weighted by molar-refractivity contribution is 0.436. The van der Waals surface area contributed by atoms with Gasteiger partial charge in [-0.05, 0) is 57.9 Å². The molecule has 21 heavy (non-hydrogen) atoms. The summed E-state index contributed by atoms with van der Waals surface area (Å²) >= 11 is 3.55. The first-order chi connectivity index (χ1) is 9.82. The number of ether oxygens (including phenoxy) is 1. The molecular formula is C18H22BrNO. The van der Waals surface area contributed by atoms with E-state index in [2.05, 4.69) is 66.8 Å². The molecule has 0 aliphatic rings. The number of benzene rings is 1. The highest BCUT2D eigenvalue weighted by atomic mass is 79.9. The zero-order valence-corrected chi connectivity index (χ0v) is 14.9. The molecule has 0 radical (unpaired) electrons. The van der Waals surface area contributed by atoms with Gasteiger partial charge in [0.15, 0.2) is 0 Å². The Balaban J connectivity index is 2.46. The summed E-state index contributed by atoms with van der Waals surface area (Å²) in [4.78, 5) is 4.33. The van der Waals surface area contributed by atoms with E-state index in [1.165, 1.54) is 11.1 Å². The highest BCUT2D eigenvalue weighted by molar-refractivity contribution is 9.10. The Morgan fingerprint density at radius 2 is 1.90 bits per heavy atom. The van der Waals surface area contributed by atoms with E-state index in [0.717, 1.165) is 22.2 Å². The Kier molecular flexibility index (Phi) is 4.72. The first-order valence-electron chi connectivity index (χ1n) is 7.25. The van der Waals surface area contributed by atoms with Crippen molar-refractivity contribution in [2.24, 2.45) is 0 Å². The number of hydrogen-bond donors (Lipinski definition) is 0. The molecule has 2 aromatic rings. The average molecular weight is 348 g/mol. The molecule has 0 amide bonds.